The fraction of sp³-hybridized carbons (Fsp3) is 0.207. The Labute approximate surface area is 239 Å². The van der Waals surface area contributed by atoms with E-state index in [4.69, 9.17) is 10.5 Å². The van der Waals surface area contributed by atoms with E-state index in [0.717, 1.165) is 12.8 Å². The maximum absolute atomic E-state index is 13.4. The molecule has 2 aliphatic heterocycles. The summed E-state index contributed by atoms with van der Waals surface area (Å²) < 4.78 is 5.83. The van der Waals surface area contributed by atoms with E-state index in [-0.39, 0.29) is 24.4 Å². The van der Waals surface area contributed by atoms with Gasteiger partial charge in [0.1, 0.15) is 27.0 Å². The van der Waals surface area contributed by atoms with Crippen LogP contribution in [0.4, 0.5) is 22.0 Å². The molecule has 0 bridgehead atoms. The van der Waals surface area contributed by atoms with Crippen molar-refractivity contribution in [2.75, 3.05) is 29.9 Å². The topological polar surface area (TPSA) is 143 Å². The van der Waals surface area contributed by atoms with Gasteiger partial charge in [0.05, 0.1) is 23.0 Å². The summed E-state index contributed by atoms with van der Waals surface area (Å²) in [5.41, 5.74) is 6.46. The number of para-hydroxylation sites is 1. The van der Waals surface area contributed by atoms with Crippen molar-refractivity contribution in [1.29, 1.82) is 0 Å². The molecule has 1 atom stereocenters. The third kappa shape index (κ3) is 5.34. The Morgan fingerprint density at radius 3 is 2.78 bits per heavy atom. The van der Waals surface area contributed by atoms with Crippen molar-refractivity contribution in [3.63, 3.8) is 0 Å². The van der Waals surface area contributed by atoms with Crippen molar-refractivity contribution >= 4 is 56.6 Å². The number of hydrogen-bond donors (Lipinski definition) is 3. The van der Waals surface area contributed by atoms with Crippen LogP contribution in [0.2, 0.25) is 0 Å². The number of likely N-dealkylation sites (tertiary alicyclic amines) is 1. The fourth-order valence-corrected chi connectivity index (χ4v) is 6.00. The molecule has 1 aromatic carbocycles. The van der Waals surface area contributed by atoms with Crippen LogP contribution in [-0.2, 0) is 4.79 Å². The highest BCUT2D eigenvalue weighted by atomic mass is 32.1. The van der Waals surface area contributed by atoms with Crippen LogP contribution in [0.1, 0.15) is 22.5 Å². The van der Waals surface area contributed by atoms with Crippen molar-refractivity contribution in [3.05, 3.63) is 78.0 Å². The van der Waals surface area contributed by atoms with Crippen LogP contribution in [0.5, 0.6) is 11.5 Å². The first kappa shape index (κ1) is 26.4. The van der Waals surface area contributed by atoms with E-state index in [2.05, 4.69) is 20.6 Å². The maximum Gasteiger partial charge on any atom is 0.332 e. The molecular formula is C29H27N7O4S. The first-order valence-corrected chi connectivity index (χ1v) is 14.0. The smallest absolute Gasteiger partial charge is 0.332 e. The van der Waals surface area contributed by atoms with Crippen molar-refractivity contribution in [1.82, 2.24) is 20.2 Å². The van der Waals surface area contributed by atoms with Crippen molar-refractivity contribution in [3.8, 4) is 11.5 Å². The Kier molecular flexibility index (Phi) is 7.32. The number of pyridine rings is 2. The summed E-state index contributed by atoms with van der Waals surface area (Å²) in [6.07, 6.45) is 7.76. The van der Waals surface area contributed by atoms with Crippen LogP contribution >= 0.6 is 11.3 Å². The Morgan fingerprint density at radius 1 is 1.15 bits per heavy atom. The number of anilines is 3. The average molecular weight is 570 g/mol. The van der Waals surface area contributed by atoms with Gasteiger partial charge in [-0.1, -0.05) is 24.3 Å². The number of amides is 4. The molecule has 12 heteroatoms. The molecule has 3 aromatic heterocycles. The quantitative estimate of drug-likeness (QED) is 0.280. The average Bonchev–Trinajstić information content (AvgIpc) is 3.37. The summed E-state index contributed by atoms with van der Waals surface area (Å²) in [7, 11) is 0. The van der Waals surface area contributed by atoms with Crippen LogP contribution in [0.3, 0.4) is 0 Å². The number of rotatable bonds is 7. The zero-order valence-electron chi connectivity index (χ0n) is 21.9. The minimum atomic E-state index is -0.442. The highest BCUT2D eigenvalue weighted by molar-refractivity contribution is 7.21. The number of nitrogens with two attached hydrogens (primary N) is 1. The molecule has 0 radical (unpaired) electrons. The highest BCUT2D eigenvalue weighted by Gasteiger charge is 2.34. The summed E-state index contributed by atoms with van der Waals surface area (Å²) in [5, 5.41) is 6.60. The molecular weight excluding hydrogens is 542 g/mol. The molecule has 4 aromatic rings. The standard InChI is InChI=1S/C29H27N7O4S/c30-13-4-9-23(37)35-15-5-6-18(17-35)33-27(38)26-25-24-21(12-14-31-28(24)41-26)36(29(39)34-25)22-11-10-20(16-32-22)40-19-7-2-1-3-8-19/h1-4,7-12,14,16,18H,5-6,13,15,17,30H2,(H,33,38)(H,34,39). The van der Waals surface area contributed by atoms with Gasteiger partial charge in [-0.05, 0) is 43.2 Å². The number of nitrogens with one attached hydrogen (secondary N) is 2. The first-order chi connectivity index (χ1) is 20.0. The van der Waals surface area contributed by atoms with Crippen LogP contribution < -0.4 is 26.0 Å². The lowest BCUT2D eigenvalue weighted by atomic mass is 10.1. The Morgan fingerprint density at radius 2 is 2.00 bits per heavy atom. The van der Waals surface area contributed by atoms with Gasteiger partial charge in [-0.3, -0.25) is 9.59 Å². The summed E-state index contributed by atoms with van der Waals surface area (Å²) in [5.74, 6) is 1.17. The number of ether oxygens (including phenoxy) is 1. The van der Waals surface area contributed by atoms with Gasteiger partial charge >= 0.3 is 6.03 Å². The Balaban J connectivity index is 1.23. The number of benzene rings is 1. The van der Waals surface area contributed by atoms with E-state index in [1.54, 1.807) is 41.6 Å². The van der Waals surface area contributed by atoms with Gasteiger partial charge in [-0.25, -0.2) is 19.7 Å². The summed E-state index contributed by atoms with van der Waals surface area (Å²) >= 11 is 1.21. The third-order valence-electron chi connectivity index (χ3n) is 6.85. The molecule has 1 saturated heterocycles. The molecule has 208 valence electrons. The number of carbonyl (C=O) groups is 3. The van der Waals surface area contributed by atoms with Gasteiger partial charge in [-0.15, -0.1) is 11.3 Å². The van der Waals surface area contributed by atoms with Gasteiger partial charge in [0.2, 0.25) is 5.91 Å². The van der Waals surface area contributed by atoms with E-state index < -0.39 is 6.03 Å². The molecule has 1 fully saturated rings. The lowest BCUT2D eigenvalue weighted by Gasteiger charge is -2.32. The molecule has 5 heterocycles. The molecule has 11 nitrogen and oxygen atoms in total. The predicted octanol–water partition coefficient (Wildman–Crippen LogP) is 4.40. The minimum Gasteiger partial charge on any atom is -0.456 e. The lowest BCUT2D eigenvalue weighted by Crippen LogP contribution is -2.49. The van der Waals surface area contributed by atoms with Gasteiger partial charge in [0.15, 0.2) is 0 Å². The number of urea groups is 1. The zero-order chi connectivity index (χ0) is 28.3. The van der Waals surface area contributed by atoms with E-state index in [1.807, 2.05) is 30.3 Å². The molecule has 4 N–H and O–H groups in total. The van der Waals surface area contributed by atoms with Crippen LogP contribution in [0, 0.1) is 0 Å². The van der Waals surface area contributed by atoms with Gasteiger partial charge in [-0.2, -0.15) is 0 Å². The fourth-order valence-electron chi connectivity index (χ4n) is 4.98. The first-order valence-electron chi connectivity index (χ1n) is 13.2. The molecule has 2 aliphatic rings. The number of nitrogens with zero attached hydrogens (tertiary/aromatic N) is 4. The normalized spacial score (nSPS) is 16.6. The van der Waals surface area contributed by atoms with E-state index in [9.17, 15) is 14.4 Å². The molecule has 0 spiro atoms. The summed E-state index contributed by atoms with van der Waals surface area (Å²) in [6, 6.07) is 13.9. The Hall–Kier alpha value is -4.81. The number of carbonyl (C=O) groups excluding carboxylic acids is 3. The molecule has 0 aliphatic carbocycles. The maximum atomic E-state index is 13.4. The van der Waals surface area contributed by atoms with Crippen LogP contribution in [-0.4, -0.2) is 58.4 Å². The third-order valence-corrected chi connectivity index (χ3v) is 7.94. The molecule has 0 saturated carbocycles. The number of piperidine rings is 1. The van der Waals surface area contributed by atoms with Gasteiger partial charge in [0.25, 0.3) is 5.91 Å². The largest absolute Gasteiger partial charge is 0.456 e. The van der Waals surface area contributed by atoms with Gasteiger partial charge < -0.3 is 26.0 Å². The van der Waals surface area contributed by atoms with Gasteiger partial charge in [0, 0.05) is 37.9 Å². The number of hydrogen-bond acceptors (Lipinski definition) is 8. The number of aromatic nitrogens is 2. The van der Waals surface area contributed by atoms with Crippen LogP contribution in [0.15, 0.2) is 73.1 Å². The highest BCUT2D eigenvalue weighted by Crippen LogP contribution is 2.45. The van der Waals surface area contributed by atoms with Crippen molar-refractivity contribution < 1.29 is 19.1 Å². The SMILES string of the molecule is NCC=CC(=O)N1CCCC(NC(=O)c2sc3nccc4c3c2NC(=O)N4c2ccc(Oc3ccccc3)cn2)C1. The van der Waals surface area contributed by atoms with Crippen molar-refractivity contribution in [2.45, 2.75) is 18.9 Å². The summed E-state index contributed by atoms with van der Waals surface area (Å²) in [4.78, 5) is 52.3. The second-order valence-electron chi connectivity index (χ2n) is 9.58. The molecule has 4 amide bonds. The second kappa shape index (κ2) is 11.4. The van der Waals surface area contributed by atoms with Crippen molar-refractivity contribution in [2.24, 2.45) is 5.73 Å². The van der Waals surface area contributed by atoms with E-state index >= 15 is 0 Å². The van der Waals surface area contributed by atoms with E-state index in [0.29, 0.717) is 56.9 Å². The summed E-state index contributed by atoms with van der Waals surface area (Å²) in [6.45, 7) is 1.32. The molecule has 6 rings (SSSR count). The van der Waals surface area contributed by atoms with E-state index in [1.165, 1.54) is 22.3 Å². The lowest BCUT2D eigenvalue weighted by molar-refractivity contribution is -0.127. The van der Waals surface area contributed by atoms with Crippen LogP contribution in [0.25, 0.3) is 10.2 Å². The Bertz CT molecular complexity index is 1640. The molecule has 41 heavy (non-hydrogen) atoms. The zero-order valence-corrected chi connectivity index (χ0v) is 22.8. The monoisotopic (exact) mass is 569 g/mol. The number of thiophene rings is 1. The second-order valence-corrected chi connectivity index (χ2v) is 10.6. The predicted molar refractivity (Wildman–Crippen MR) is 157 cm³/mol. The minimum absolute atomic E-state index is 0.124. The molecule has 1 unspecified atom stereocenters.